The largest absolute Gasteiger partial charge is 0.353 e. The standard InChI is InChI=1S/C15H25N3OS/c1-18(2)13(14-8-6-10-20-14)11-17-15(19)12-7-4-3-5-9-16-12/h6,8,10,12-13,16H,3-5,7,9,11H2,1-2H3,(H,17,19). The van der Waals surface area contributed by atoms with Crippen LogP contribution in [0.2, 0.25) is 0 Å². The molecule has 0 aliphatic carbocycles. The lowest BCUT2D eigenvalue weighted by molar-refractivity contribution is -0.123. The minimum absolute atomic E-state index is 0.0105. The number of carbonyl (C=O) groups is 1. The van der Waals surface area contributed by atoms with E-state index in [4.69, 9.17) is 0 Å². The van der Waals surface area contributed by atoms with Crippen molar-refractivity contribution in [3.05, 3.63) is 22.4 Å². The van der Waals surface area contributed by atoms with Gasteiger partial charge in [0.2, 0.25) is 5.91 Å². The SMILES string of the molecule is CN(C)C(CNC(=O)C1CCCCCN1)c1cccs1. The molecule has 1 fully saturated rings. The highest BCUT2D eigenvalue weighted by Crippen LogP contribution is 2.22. The molecule has 4 nitrogen and oxygen atoms in total. The predicted molar refractivity (Wildman–Crippen MR) is 84.0 cm³/mol. The molecule has 2 rings (SSSR count). The molecule has 1 amide bonds. The summed E-state index contributed by atoms with van der Waals surface area (Å²) < 4.78 is 0. The Morgan fingerprint density at radius 2 is 2.35 bits per heavy atom. The van der Waals surface area contributed by atoms with Crippen molar-refractivity contribution in [1.29, 1.82) is 0 Å². The van der Waals surface area contributed by atoms with Crippen molar-refractivity contribution < 1.29 is 4.79 Å². The van der Waals surface area contributed by atoms with Crippen molar-refractivity contribution in [2.45, 2.75) is 37.8 Å². The van der Waals surface area contributed by atoms with E-state index < -0.39 is 0 Å². The van der Waals surface area contributed by atoms with E-state index >= 15 is 0 Å². The van der Waals surface area contributed by atoms with Gasteiger partial charge in [-0.25, -0.2) is 0 Å². The molecule has 0 spiro atoms. The molecule has 2 heterocycles. The summed E-state index contributed by atoms with van der Waals surface area (Å²) in [6.45, 7) is 1.63. The normalized spacial score (nSPS) is 21.4. The second-order valence-corrected chi connectivity index (χ2v) is 6.58. The molecule has 1 aliphatic heterocycles. The van der Waals surface area contributed by atoms with Crippen LogP contribution in [0.4, 0.5) is 0 Å². The summed E-state index contributed by atoms with van der Waals surface area (Å²) in [7, 11) is 4.11. The van der Waals surface area contributed by atoms with Crippen LogP contribution in [0.1, 0.15) is 36.6 Å². The van der Waals surface area contributed by atoms with Crippen LogP contribution in [0.15, 0.2) is 17.5 Å². The van der Waals surface area contributed by atoms with E-state index in [0.29, 0.717) is 6.54 Å². The molecule has 1 aliphatic rings. The third-order valence-corrected chi connectivity index (χ3v) is 4.81. The first-order chi connectivity index (χ1) is 9.68. The van der Waals surface area contributed by atoms with Gasteiger partial charge in [-0.3, -0.25) is 4.79 Å². The Kier molecular flexibility index (Phi) is 6.01. The molecule has 2 N–H and O–H groups in total. The van der Waals surface area contributed by atoms with Gasteiger partial charge in [0, 0.05) is 11.4 Å². The maximum absolute atomic E-state index is 12.3. The Bertz CT molecular complexity index is 397. The Balaban J connectivity index is 1.87. The van der Waals surface area contributed by atoms with Crippen LogP contribution >= 0.6 is 11.3 Å². The van der Waals surface area contributed by atoms with E-state index in [1.165, 1.54) is 17.7 Å². The summed E-state index contributed by atoms with van der Waals surface area (Å²) >= 11 is 1.74. The number of likely N-dealkylation sites (N-methyl/N-ethyl adjacent to an activating group) is 1. The summed E-state index contributed by atoms with van der Waals surface area (Å²) in [4.78, 5) is 15.7. The lowest BCUT2D eigenvalue weighted by atomic mass is 10.1. The van der Waals surface area contributed by atoms with Crippen LogP contribution in [-0.4, -0.2) is 44.0 Å². The van der Waals surface area contributed by atoms with Gasteiger partial charge in [0.15, 0.2) is 0 Å². The van der Waals surface area contributed by atoms with Crippen molar-refractivity contribution in [3.8, 4) is 0 Å². The molecule has 2 atom stereocenters. The second-order valence-electron chi connectivity index (χ2n) is 5.60. The van der Waals surface area contributed by atoms with Crippen molar-refractivity contribution >= 4 is 17.2 Å². The second kappa shape index (κ2) is 7.76. The molecular weight excluding hydrogens is 270 g/mol. The fourth-order valence-electron chi connectivity index (χ4n) is 2.59. The Hall–Kier alpha value is -0.910. The molecule has 5 heteroatoms. The van der Waals surface area contributed by atoms with Gasteiger partial charge >= 0.3 is 0 Å². The summed E-state index contributed by atoms with van der Waals surface area (Å²) in [6.07, 6.45) is 4.51. The van der Waals surface area contributed by atoms with Crippen LogP contribution in [0.25, 0.3) is 0 Å². The maximum Gasteiger partial charge on any atom is 0.237 e. The average Bonchev–Trinajstić information content (AvgIpc) is 2.80. The number of hydrogen-bond donors (Lipinski definition) is 2. The van der Waals surface area contributed by atoms with E-state index in [0.717, 1.165) is 19.4 Å². The van der Waals surface area contributed by atoms with Gasteiger partial charge in [0.25, 0.3) is 0 Å². The van der Waals surface area contributed by atoms with E-state index in [1.807, 2.05) is 0 Å². The van der Waals surface area contributed by atoms with Crippen molar-refractivity contribution in [1.82, 2.24) is 15.5 Å². The molecule has 1 saturated heterocycles. The van der Waals surface area contributed by atoms with Crippen LogP contribution in [0.5, 0.6) is 0 Å². The number of nitrogens with one attached hydrogen (secondary N) is 2. The van der Waals surface area contributed by atoms with Crippen molar-refractivity contribution in [3.63, 3.8) is 0 Å². The number of hydrogen-bond acceptors (Lipinski definition) is 4. The van der Waals surface area contributed by atoms with Gasteiger partial charge in [-0.1, -0.05) is 18.9 Å². The summed E-state index contributed by atoms with van der Waals surface area (Å²) in [5, 5.41) is 8.54. The highest BCUT2D eigenvalue weighted by atomic mass is 32.1. The predicted octanol–water partition coefficient (Wildman–Crippen LogP) is 2.00. The fraction of sp³-hybridized carbons (Fsp3) is 0.667. The number of carbonyl (C=O) groups excluding carboxylic acids is 1. The molecule has 0 aromatic carbocycles. The van der Waals surface area contributed by atoms with E-state index in [9.17, 15) is 4.79 Å². The van der Waals surface area contributed by atoms with E-state index in [1.54, 1.807) is 11.3 Å². The third-order valence-electron chi connectivity index (χ3n) is 3.84. The lowest BCUT2D eigenvalue weighted by Gasteiger charge is -2.25. The first-order valence-corrected chi connectivity index (χ1v) is 8.27. The zero-order valence-electron chi connectivity index (χ0n) is 12.4. The molecule has 0 bridgehead atoms. The van der Waals surface area contributed by atoms with Crippen molar-refractivity contribution in [2.24, 2.45) is 0 Å². The minimum atomic E-state index is -0.0105. The average molecular weight is 295 g/mol. The Morgan fingerprint density at radius 3 is 3.05 bits per heavy atom. The Labute approximate surface area is 125 Å². The zero-order chi connectivity index (χ0) is 14.4. The monoisotopic (exact) mass is 295 g/mol. The third kappa shape index (κ3) is 4.30. The highest BCUT2D eigenvalue weighted by Gasteiger charge is 2.21. The number of thiophene rings is 1. The van der Waals surface area contributed by atoms with Crippen molar-refractivity contribution in [2.75, 3.05) is 27.2 Å². The van der Waals surface area contributed by atoms with Gasteiger partial charge in [0.05, 0.1) is 12.1 Å². The van der Waals surface area contributed by atoms with Gasteiger partial charge < -0.3 is 15.5 Å². The summed E-state index contributed by atoms with van der Waals surface area (Å²) in [6, 6.07) is 4.43. The summed E-state index contributed by atoms with van der Waals surface area (Å²) in [5.41, 5.74) is 0. The number of amides is 1. The van der Waals surface area contributed by atoms with E-state index in [-0.39, 0.29) is 18.0 Å². The van der Waals surface area contributed by atoms with Gasteiger partial charge in [-0.15, -0.1) is 11.3 Å². The molecular formula is C15H25N3OS. The van der Waals surface area contributed by atoms with E-state index in [2.05, 4.69) is 47.1 Å². The van der Waals surface area contributed by atoms with Gasteiger partial charge in [-0.2, -0.15) is 0 Å². The number of nitrogens with zero attached hydrogens (tertiary/aromatic N) is 1. The van der Waals surface area contributed by atoms with Crippen LogP contribution in [0, 0.1) is 0 Å². The molecule has 2 unspecified atom stereocenters. The quantitative estimate of drug-likeness (QED) is 0.873. The van der Waals surface area contributed by atoms with Crippen LogP contribution < -0.4 is 10.6 Å². The lowest BCUT2D eigenvalue weighted by Crippen LogP contribution is -2.45. The Morgan fingerprint density at radius 1 is 1.50 bits per heavy atom. The van der Waals surface area contributed by atoms with Crippen LogP contribution in [0.3, 0.4) is 0 Å². The number of rotatable bonds is 5. The topological polar surface area (TPSA) is 44.4 Å². The van der Waals surface area contributed by atoms with Gasteiger partial charge in [0.1, 0.15) is 0 Å². The smallest absolute Gasteiger partial charge is 0.237 e. The molecule has 0 radical (unpaired) electrons. The van der Waals surface area contributed by atoms with Gasteiger partial charge in [-0.05, 0) is 44.9 Å². The molecule has 20 heavy (non-hydrogen) atoms. The molecule has 1 aromatic rings. The molecule has 0 saturated carbocycles. The first-order valence-electron chi connectivity index (χ1n) is 7.39. The molecule has 112 valence electrons. The molecule has 1 aromatic heterocycles. The summed E-state index contributed by atoms with van der Waals surface area (Å²) in [5.74, 6) is 0.148. The minimum Gasteiger partial charge on any atom is -0.353 e. The first kappa shape index (κ1) is 15.5. The van der Waals surface area contributed by atoms with Crippen LogP contribution in [-0.2, 0) is 4.79 Å². The fourth-order valence-corrected chi connectivity index (χ4v) is 3.51. The zero-order valence-corrected chi connectivity index (χ0v) is 13.2. The maximum atomic E-state index is 12.3. The highest BCUT2D eigenvalue weighted by molar-refractivity contribution is 7.10.